The molecule has 106 valence electrons. The minimum absolute atomic E-state index is 0.118. The summed E-state index contributed by atoms with van der Waals surface area (Å²) in [5.41, 5.74) is 0.368. The summed E-state index contributed by atoms with van der Waals surface area (Å²) in [6.45, 7) is 3.83. The van der Waals surface area contributed by atoms with Gasteiger partial charge in [-0.3, -0.25) is 9.48 Å². The summed E-state index contributed by atoms with van der Waals surface area (Å²) < 4.78 is 2.87. The van der Waals surface area contributed by atoms with Crippen LogP contribution >= 0.6 is 0 Å². The van der Waals surface area contributed by atoms with Crippen molar-refractivity contribution >= 4 is 17.6 Å². The molecule has 0 saturated carbocycles. The van der Waals surface area contributed by atoms with E-state index in [1.807, 2.05) is 13.8 Å². The highest BCUT2D eigenvalue weighted by molar-refractivity contribution is 5.90. The molecule has 0 aliphatic carbocycles. The maximum absolute atomic E-state index is 11.8. The first kappa shape index (κ1) is 13.7. The molecule has 9 heteroatoms. The lowest BCUT2D eigenvalue weighted by Gasteiger charge is -2.04. The van der Waals surface area contributed by atoms with Crippen LogP contribution in [0.3, 0.4) is 0 Å². The highest BCUT2D eigenvalue weighted by atomic mass is 16.4. The van der Waals surface area contributed by atoms with Crippen LogP contribution in [-0.4, -0.2) is 41.8 Å². The molecule has 0 radical (unpaired) electrons. The molecule has 0 fully saturated rings. The number of aromatic carboxylic acids is 1. The van der Waals surface area contributed by atoms with Crippen molar-refractivity contribution in [3.05, 3.63) is 24.3 Å². The van der Waals surface area contributed by atoms with Crippen LogP contribution in [-0.2, 0) is 11.3 Å². The van der Waals surface area contributed by atoms with E-state index in [-0.39, 0.29) is 24.2 Å². The van der Waals surface area contributed by atoms with Gasteiger partial charge >= 0.3 is 5.97 Å². The van der Waals surface area contributed by atoms with Crippen molar-refractivity contribution in [2.24, 2.45) is 0 Å². The van der Waals surface area contributed by atoms with Gasteiger partial charge < -0.3 is 10.4 Å². The Morgan fingerprint density at radius 2 is 2.15 bits per heavy atom. The molecule has 2 aromatic rings. The molecular formula is C11H14N6O3. The summed E-state index contributed by atoms with van der Waals surface area (Å²) in [6.07, 6.45) is 4.45. The van der Waals surface area contributed by atoms with Crippen molar-refractivity contribution in [3.63, 3.8) is 0 Å². The lowest BCUT2D eigenvalue weighted by Crippen LogP contribution is -2.19. The lowest BCUT2D eigenvalue weighted by molar-refractivity contribution is -0.116. The molecule has 0 aromatic carbocycles. The number of aromatic nitrogens is 5. The first-order valence-electron chi connectivity index (χ1n) is 5.93. The van der Waals surface area contributed by atoms with E-state index in [4.69, 9.17) is 5.11 Å². The van der Waals surface area contributed by atoms with Crippen molar-refractivity contribution in [2.75, 3.05) is 5.32 Å². The number of carboxylic acid groups (broad SMARTS) is 1. The number of hydrogen-bond acceptors (Lipinski definition) is 5. The van der Waals surface area contributed by atoms with Gasteiger partial charge in [-0.05, 0) is 13.8 Å². The van der Waals surface area contributed by atoms with E-state index in [1.165, 1.54) is 6.20 Å². The number of carbonyl (C=O) groups is 2. The first-order valence-corrected chi connectivity index (χ1v) is 5.93. The van der Waals surface area contributed by atoms with Crippen LogP contribution in [0.25, 0.3) is 0 Å². The summed E-state index contributed by atoms with van der Waals surface area (Å²) in [4.78, 5) is 22.4. The minimum atomic E-state index is -1.19. The largest absolute Gasteiger partial charge is 0.476 e. The van der Waals surface area contributed by atoms with E-state index in [0.717, 1.165) is 4.68 Å². The molecule has 0 spiro atoms. The van der Waals surface area contributed by atoms with Gasteiger partial charge in [0, 0.05) is 12.2 Å². The van der Waals surface area contributed by atoms with E-state index in [0.29, 0.717) is 5.69 Å². The first-order chi connectivity index (χ1) is 9.45. The Morgan fingerprint density at radius 1 is 1.40 bits per heavy atom. The monoisotopic (exact) mass is 278 g/mol. The number of hydrogen-bond donors (Lipinski definition) is 2. The molecule has 0 atom stereocenters. The number of amides is 1. The fourth-order valence-corrected chi connectivity index (χ4v) is 1.51. The Labute approximate surface area is 114 Å². The number of anilines is 1. The Kier molecular flexibility index (Phi) is 3.78. The number of carboxylic acids is 1. The van der Waals surface area contributed by atoms with Gasteiger partial charge in [0.25, 0.3) is 0 Å². The highest BCUT2D eigenvalue weighted by Crippen LogP contribution is 2.09. The number of rotatable bonds is 5. The Hall–Kier alpha value is -2.71. The molecule has 9 nitrogen and oxygen atoms in total. The lowest BCUT2D eigenvalue weighted by atomic mass is 10.4. The second-order valence-corrected chi connectivity index (χ2v) is 4.46. The maximum Gasteiger partial charge on any atom is 0.358 e. The fourth-order valence-electron chi connectivity index (χ4n) is 1.51. The van der Waals surface area contributed by atoms with Crippen LogP contribution in [0.5, 0.6) is 0 Å². The smallest absolute Gasteiger partial charge is 0.358 e. The zero-order chi connectivity index (χ0) is 14.7. The van der Waals surface area contributed by atoms with Gasteiger partial charge in [-0.15, -0.1) is 5.10 Å². The van der Waals surface area contributed by atoms with Crippen molar-refractivity contribution < 1.29 is 14.7 Å². The normalized spacial score (nSPS) is 10.8. The highest BCUT2D eigenvalue weighted by Gasteiger charge is 2.11. The zero-order valence-electron chi connectivity index (χ0n) is 11.0. The van der Waals surface area contributed by atoms with E-state index in [1.54, 1.807) is 17.1 Å². The SMILES string of the molecule is CC(C)n1cc(NC(=O)Cn2cc(C(=O)O)nn2)cn1. The van der Waals surface area contributed by atoms with Crippen LogP contribution in [0.4, 0.5) is 5.69 Å². The van der Waals surface area contributed by atoms with Crippen molar-refractivity contribution in [1.29, 1.82) is 0 Å². The fraction of sp³-hybridized carbons (Fsp3) is 0.364. The van der Waals surface area contributed by atoms with Crippen molar-refractivity contribution in [3.8, 4) is 0 Å². The molecule has 2 rings (SSSR count). The van der Waals surface area contributed by atoms with Crippen LogP contribution in [0, 0.1) is 0 Å². The molecule has 0 bridgehead atoms. The van der Waals surface area contributed by atoms with Crippen molar-refractivity contribution in [2.45, 2.75) is 26.4 Å². The topological polar surface area (TPSA) is 115 Å². The predicted octanol–water partition coefficient (Wildman–Crippen LogP) is 0.392. The second kappa shape index (κ2) is 5.51. The van der Waals surface area contributed by atoms with Crippen molar-refractivity contribution in [1.82, 2.24) is 24.8 Å². The van der Waals surface area contributed by atoms with Crippen LogP contribution in [0.1, 0.15) is 30.4 Å². The Bertz CT molecular complexity index is 630. The summed E-state index contributed by atoms with van der Waals surface area (Å²) in [7, 11) is 0. The quantitative estimate of drug-likeness (QED) is 0.817. The number of nitrogens with zero attached hydrogens (tertiary/aromatic N) is 5. The van der Waals surface area contributed by atoms with Gasteiger partial charge in [-0.1, -0.05) is 5.21 Å². The predicted molar refractivity (Wildman–Crippen MR) is 68.2 cm³/mol. The number of nitrogens with one attached hydrogen (secondary N) is 1. The molecule has 0 saturated heterocycles. The Morgan fingerprint density at radius 3 is 2.70 bits per heavy atom. The molecule has 2 N–H and O–H groups in total. The summed E-state index contributed by atoms with van der Waals surface area (Å²) in [6, 6.07) is 0.203. The van der Waals surface area contributed by atoms with E-state index in [9.17, 15) is 9.59 Å². The molecule has 0 unspecified atom stereocenters. The van der Waals surface area contributed by atoms with Crippen LogP contribution < -0.4 is 5.32 Å². The average molecular weight is 278 g/mol. The van der Waals surface area contributed by atoms with Gasteiger partial charge in [0.15, 0.2) is 5.69 Å². The molecule has 2 heterocycles. The average Bonchev–Trinajstić information content (AvgIpc) is 2.98. The number of carbonyl (C=O) groups excluding carboxylic acids is 1. The molecule has 1 amide bonds. The third kappa shape index (κ3) is 3.19. The van der Waals surface area contributed by atoms with Crippen LogP contribution in [0.15, 0.2) is 18.6 Å². The van der Waals surface area contributed by atoms with Gasteiger partial charge in [-0.2, -0.15) is 5.10 Å². The molecular weight excluding hydrogens is 264 g/mol. The Balaban J connectivity index is 1.95. The van der Waals surface area contributed by atoms with Gasteiger partial charge in [0.1, 0.15) is 6.54 Å². The minimum Gasteiger partial charge on any atom is -0.476 e. The molecule has 0 aliphatic heterocycles. The van der Waals surface area contributed by atoms with Crippen LogP contribution in [0.2, 0.25) is 0 Å². The maximum atomic E-state index is 11.8. The van der Waals surface area contributed by atoms with E-state index < -0.39 is 5.97 Å². The van der Waals surface area contributed by atoms with E-state index in [2.05, 4.69) is 20.7 Å². The van der Waals surface area contributed by atoms with Gasteiger partial charge in [0.05, 0.1) is 18.1 Å². The second-order valence-electron chi connectivity index (χ2n) is 4.46. The standard InChI is InChI=1S/C11H14N6O3/c1-7(2)17-4-8(3-12-17)13-10(18)6-16-5-9(11(19)20)14-15-16/h3-5,7H,6H2,1-2H3,(H,13,18)(H,19,20). The van der Waals surface area contributed by atoms with Gasteiger partial charge in [0.2, 0.25) is 5.91 Å². The summed E-state index contributed by atoms with van der Waals surface area (Å²) >= 11 is 0. The molecule has 2 aromatic heterocycles. The zero-order valence-corrected chi connectivity index (χ0v) is 11.0. The molecule has 0 aliphatic rings. The van der Waals surface area contributed by atoms with Gasteiger partial charge in [-0.25, -0.2) is 9.48 Å². The molecule has 20 heavy (non-hydrogen) atoms. The summed E-state index contributed by atoms with van der Waals surface area (Å²) in [5, 5.41) is 22.4. The summed E-state index contributed by atoms with van der Waals surface area (Å²) in [5.74, 6) is -1.52. The third-order valence-electron chi connectivity index (χ3n) is 2.48. The van der Waals surface area contributed by atoms with E-state index >= 15 is 0 Å². The third-order valence-corrected chi connectivity index (χ3v) is 2.48.